The summed E-state index contributed by atoms with van der Waals surface area (Å²) < 4.78 is 44.2. The minimum absolute atomic E-state index is 0.0264. The van der Waals surface area contributed by atoms with Crippen molar-refractivity contribution in [1.82, 2.24) is 19.5 Å². The molecule has 1 fully saturated rings. The summed E-state index contributed by atoms with van der Waals surface area (Å²) in [4.78, 5) is 23.7. The normalized spacial score (nSPS) is 15.5. The van der Waals surface area contributed by atoms with Crippen LogP contribution in [-0.2, 0) is 18.5 Å². The Kier molecular flexibility index (Phi) is 6.76. The third-order valence-electron chi connectivity index (χ3n) is 6.13. The molecule has 1 aromatic carbocycles. The third-order valence-corrected chi connectivity index (χ3v) is 6.13. The molecule has 1 aliphatic carbocycles. The second-order valence-electron chi connectivity index (χ2n) is 8.43. The summed E-state index contributed by atoms with van der Waals surface area (Å²) in [6, 6.07) is 5.64. The lowest BCUT2D eigenvalue weighted by Crippen LogP contribution is -2.38. The van der Waals surface area contributed by atoms with Gasteiger partial charge in [0, 0.05) is 30.9 Å². The zero-order valence-electron chi connectivity index (χ0n) is 18.7. The Hall–Kier alpha value is -3.90. The molecule has 4 rings (SSSR count). The molecule has 10 nitrogen and oxygen atoms in total. The van der Waals surface area contributed by atoms with Crippen molar-refractivity contribution in [3.8, 4) is 5.75 Å². The largest absolute Gasteiger partial charge is 0.573 e. The molecule has 1 aliphatic rings. The summed E-state index contributed by atoms with van der Waals surface area (Å²) in [7, 11) is 0. The van der Waals surface area contributed by atoms with Gasteiger partial charge in [-0.2, -0.15) is 4.98 Å². The molecular formula is C22H24F3N7O3. The fourth-order valence-corrected chi connectivity index (χ4v) is 4.56. The highest BCUT2D eigenvalue weighted by molar-refractivity contribution is 5.58. The lowest BCUT2D eigenvalue weighted by molar-refractivity contribution is -0.385. The van der Waals surface area contributed by atoms with Gasteiger partial charge in [0.1, 0.15) is 11.4 Å². The van der Waals surface area contributed by atoms with Crippen LogP contribution in [0.1, 0.15) is 43.4 Å². The van der Waals surface area contributed by atoms with Crippen LogP contribution < -0.4 is 15.8 Å². The van der Waals surface area contributed by atoms with E-state index in [1.807, 2.05) is 10.8 Å². The van der Waals surface area contributed by atoms with E-state index in [1.165, 1.54) is 18.2 Å². The van der Waals surface area contributed by atoms with Crippen molar-refractivity contribution >= 4 is 17.5 Å². The fourth-order valence-electron chi connectivity index (χ4n) is 4.56. The van der Waals surface area contributed by atoms with Crippen LogP contribution >= 0.6 is 0 Å². The number of nitrogen functional groups attached to an aromatic ring is 1. The third kappa shape index (κ3) is 5.61. The van der Waals surface area contributed by atoms with Gasteiger partial charge in [0.2, 0.25) is 11.8 Å². The highest BCUT2D eigenvalue weighted by Gasteiger charge is 2.38. The number of hydrogen-bond acceptors (Lipinski definition) is 8. The Morgan fingerprint density at radius 3 is 2.60 bits per heavy atom. The molecule has 0 bridgehead atoms. The lowest BCUT2D eigenvalue weighted by Gasteiger charge is -2.38. The molecule has 186 valence electrons. The maximum atomic E-state index is 12.7. The number of aromatic nitrogens is 4. The number of rotatable bonds is 8. The van der Waals surface area contributed by atoms with E-state index >= 15 is 0 Å². The summed E-state index contributed by atoms with van der Waals surface area (Å²) in [5, 5.41) is 14.7. The average molecular weight is 491 g/mol. The van der Waals surface area contributed by atoms with E-state index in [0.717, 1.165) is 32.1 Å². The number of para-hydroxylation sites is 1. The van der Waals surface area contributed by atoms with Gasteiger partial charge in [0.25, 0.3) is 0 Å². The first-order valence-corrected chi connectivity index (χ1v) is 11.0. The molecular weight excluding hydrogens is 467 g/mol. The molecule has 35 heavy (non-hydrogen) atoms. The molecule has 3 aromatic rings. The maximum Gasteiger partial charge on any atom is 0.573 e. The summed E-state index contributed by atoms with van der Waals surface area (Å²) >= 11 is 0. The number of ether oxygens (including phenoxy) is 1. The number of nitrogens with one attached hydrogen (secondary N) is 1. The van der Waals surface area contributed by atoms with Crippen molar-refractivity contribution in [3.63, 3.8) is 0 Å². The smallest absolute Gasteiger partial charge is 0.405 e. The topological polar surface area (TPSA) is 134 Å². The van der Waals surface area contributed by atoms with Crippen molar-refractivity contribution in [2.45, 2.75) is 57.0 Å². The van der Waals surface area contributed by atoms with Gasteiger partial charge >= 0.3 is 12.0 Å². The molecule has 0 unspecified atom stereocenters. The Balaban J connectivity index is 1.64. The van der Waals surface area contributed by atoms with E-state index in [2.05, 4.69) is 25.0 Å². The molecule has 13 heteroatoms. The molecule has 0 amide bonds. The van der Waals surface area contributed by atoms with Gasteiger partial charge < -0.3 is 20.4 Å². The van der Waals surface area contributed by atoms with Gasteiger partial charge in [0.15, 0.2) is 0 Å². The number of nitrogens with two attached hydrogens (primary N) is 1. The number of nitrogens with zero attached hydrogens (tertiary/aromatic N) is 5. The number of imidazole rings is 1. The van der Waals surface area contributed by atoms with E-state index in [1.54, 1.807) is 18.6 Å². The van der Waals surface area contributed by atoms with Crippen LogP contribution in [0.5, 0.6) is 5.75 Å². The Morgan fingerprint density at radius 1 is 1.20 bits per heavy atom. The second kappa shape index (κ2) is 9.76. The minimum atomic E-state index is -4.85. The highest BCUT2D eigenvalue weighted by atomic mass is 19.4. The molecule has 0 aliphatic heterocycles. The summed E-state index contributed by atoms with van der Waals surface area (Å²) in [5.74, 6) is -0.718. The van der Waals surface area contributed by atoms with Crippen LogP contribution in [0.4, 0.5) is 30.6 Å². The van der Waals surface area contributed by atoms with Crippen molar-refractivity contribution < 1.29 is 22.8 Å². The van der Waals surface area contributed by atoms with Crippen molar-refractivity contribution in [3.05, 3.63) is 64.4 Å². The number of halogens is 3. The molecule has 0 radical (unpaired) electrons. The molecule has 0 saturated heterocycles. The highest BCUT2D eigenvalue weighted by Crippen LogP contribution is 2.40. The minimum Gasteiger partial charge on any atom is -0.405 e. The molecule has 0 atom stereocenters. The van der Waals surface area contributed by atoms with Crippen LogP contribution in [0, 0.1) is 10.1 Å². The van der Waals surface area contributed by atoms with Crippen molar-refractivity contribution in [2.24, 2.45) is 0 Å². The zero-order valence-corrected chi connectivity index (χ0v) is 18.7. The summed E-state index contributed by atoms with van der Waals surface area (Å²) in [6.07, 6.45) is 5.11. The summed E-state index contributed by atoms with van der Waals surface area (Å²) in [5.41, 5.74) is 5.48. The zero-order chi connectivity index (χ0) is 25.1. The quantitative estimate of drug-likeness (QED) is 0.346. The van der Waals surface area contributed by atoms with Crippen LogP contribution in [-0.4, -0.2) is 30.8 Å². The number of hydrogen-bond donors (Lipinski definition) is 2. The number of alkyl halides is 3. The van der Waals surface area contributed by atoms with Gasteiger partial charge in [0.05, 0.1) is 16.8 Å². The van der Waals surface area contributed by atoms with Crippen molar-refractivity contribution in [2.75, 3.05) is 11.1 Å². The van der Waals surface area contributed by atoms with Gasteiger partial charge in [-0.1, -0.05) is 37.5 Å². The van der Waals surface area contributed by atoms with E-state index < -0.39 is 16.8 Å². The Morgan fingerprint density at radius 2 is 1.94 bits per heavy atom. The monoisotopic (exact) mass is 491 g/mol. The summed E-state index contributed by atoms with van der Waals surface area (Å²) in [6.45, 7) is -0.115. The Bertz CT molecular complexity index is 1180. The molecule has 0 spiro atoms. The molecule has 1 saturated carbocycles. The lowest BCUT2D eigenvalue weighted by atomic mass is 9.78. The predicted molar refractivity (Wildman–Crippen MR) is 121 cm³/mol. The van der Waals surface area contributed by atoms with Gasteiger partial charge in [-0.05, 0) is 18.9 Å². The first-order valence-electron chi connectivity index (χ1n) is 11.0. The average Bonchev–Trinajstić information content (AvgIpc) is 3.33. The molecule has 2 aromatic heterocycles. The maximum absolute atomic E-state index is 12.7. The predicted octanol–water partition coefficient (Wildman–Crippen LogP) is 4.58. The standard InChI is InChI=1S/C22H24F3N7O3/c23-22(24,25)35-17-7-3-2-6-15(17)13-28-20-29-16(18(32(33)34)19(26)30-20)12-21(8-4-1-5-9-21)31-11-10-27-14-31/h2-3,6-7,10-11,14H,1,4-5,8-9,12-13H2,(H3,26,28,29,30). The molecule has 3 N–H and O–H groups in total. The number of anilines is 2. The second-order valence-corrected chi connectivity index (χ2v) is 8.43. The number of nitro groups is 1. The number of benzene rings is 1. The first-order chi connectivity index (χ1) is 16.7. The van der Waals surface area contributed by atoms with Crippen molar-refractivity contribution in [1.29, 1.82) is 0 Å². The van der Waals surface area contributed by atoms with Crippen LogP contribution in [0.15, 0.2) is 43.0 Å². The first kappa shape index (κ1) is 24.2. The van der Waals surface area contributed by atoms with Gasteiger partial charge in [-0.15, -0.1) is 13.2 Å². The fraction of sp³-hybridized carbons (Fsp3) is 0.409. The van der Waals surface area contributed by atoms with Crippen LogP contribution in [0.3, 0.4) is 0 Å². The van der Waals surface area contributed by atoms with E-state index in [9.17, 15) is 23.3 Å². The molecule has 2 heterocycles. The van der Waals surface area contributed by atoms with E-state index in [0.29, 0.717) is 0 Å². The Labute approximate surface area is 198 Å². The van der Waals surface area contributed by atoms with Crippen LogP contribution in [0.25, 0.3) is 0 Å². The van der Waals surface area contributed by atoms with E-state index in [4.69, 9.17) is 5.73 Å². The van der Waals surface area contributed by atoms with Crippen LogP contribution in [0.2, 0.25) is 0 Å². The van der Waals surface area contributed by atoms with Gasteiger partial charge in [-0.3, -0.25) is 10.1 Å². The van der Waals surface area contributed by atoms with E-state index in [-0.39, 0.29) is 47.4 Å². The SMILES string of the molecule is Nc1nc(NCc2ccccc2OC(F)(F)F)nc(CC2(n3ccnc3)CCCCC2)c1[N+](=O)[O-]. The van der Waals surface area contributed by atoms with Gasteiger partial charge in [-0.25, -0.2) is 9.97 Å².